The summed E-state index contributed by atoms with van der Waals surface area (Å²) in [6.45, 7) is 2.95. The number of nitrogens with one attached hydrogen (secondary N) is 1. The molecule has 2 aliphatic heterocycles. The highest BCUT2D eigenvalue weighted by Gasteiger charge is 2.42. The maximum atomic E-state index is 11.8. The van der Waals surface area contributed by atoms with E-state index in [2.05, 4.69) is 32.3 Å². The maximum Gasteiger partial charge on any atom is 0.225 e. The number of carbonyl (C=O) groups excluding carboxylic acids is 1. The van der Waals surface area contributed by atoms with Gasteiger partial charge in [0.05, 0.1) is 24.0 Å². The molecule has 1 amide bonds. The van der Waals surface area contributed by atoms with Crippen LogP contribution in [0.4, 0.5) is 5.69 Å². The van der Waals surface area contributed by atoms with Crippen molar-refractivity contribution < 1.29 is 4.79 Å². The Bertz CT molecular complexity index is 491. The highest BCUT2D eigenvalue weighted by molar-refractivity contribution is 9.10. The van der Waals surface area contributed by atoms with Gasteiger partial charge in [-0.1, -0.05) is 0 Å². The van der Waals surface area contributed by atoms with E-state index in [1.165, 1.54) is 0 Å². The number of rotatable bonds is 2. The zero-order valence-electron chi connectivity index (χ0n) is 10.3. The molecule has 1 N–H and O–H groups in total. The second kappa shape index (κ2) is 4.53. The van der Waals surface area contributed by atoms with Gasteiger partial charge in [-0.15, -0.1) is 0 Å². The van der Waals surface area contributed by atoms with E-state index in [9.17, 15) is 4.79 Å². The quantitative estimate of drug-likeness (QED) is 0.853. The summed E-state index contributed by atoms with van der Waals surface area (Å²) in [6, 6.07) is 2.68. The van der Waals surface area contributed by atoms with Gasteiger partial charge in [0.15, 0.2) is 0 Å². The van der Waals surface area contributed by atoms with Crippen molar-refractivity contribution in [1.82, 2.24) is 9.88 Å². The van der Waals surface area contributed by atoms with Gasteiger partial charge in [-0.3, -0.25) is 4.79 Å². The average Bonchev–Trinajstić information content (AvgIpc) is 2.90. The van der Waals surface area contributed by atoms with Crippen LogP contribution in [0.2, 0.25) is 0 Å². The van der Waals surface area contributed by atoms with Crippen LogP contribution in [-0.4, -0.2) is 34.4 Å². The summed E-state index contributed by atoms with van der Waals surface area (Å²) in [7, 11) is 0. The van der Waals surface area contributed by atoms with Crippen LogP contribution in [0.3, 0.4) is 0 Å². The fourth-order valence-corrected chi connectivity index (χ4v) is 3.18. The van der Waals surface area contributed by atoms with Gasteiger partial charge >= 0.3 is 0 Å². The van der Waals surface area contributed by atoms with Gasteiger partial charge in [-0.25, -0.2) is 4.98 Å². The molecule has 3 heterocycles. The van der Waals surface area contributed by atoms with Crippen molar-refractivity contribution in [2.75, 3.05) is 11.9 Å². The van der Waals surface area contributed by atoms with E-state index in [4.69, 9.17) is 0 Å². The van der Waals surface area contributed by atoms with Crippen LogP contribution < -0.4 is 5.32 Å². The van der Waals surface area contributed by atoms with Crippen LogP contribution in [-0.2, 0) is 4.79 Å². The highest BCUT2D eigenvalue weighted by Crippen LogP contribution is 2.31. The minimum atomic E-state index is 0.238. The molecule has 2 unspecified atom stereocenters. The number of carbonyl (C=O) groups is 1. The summed E-state index contributed by atoms with van der Waals surface area (Å²) < 4.78 is 0.873. The van der Waals surface area contributed by atoms with E-state index in [1.807, 2.05) is 18.0 Å². The number of hydrogen-bond donors (Lipinski definition) is 1. The first-order valence-corrected chi connectivity index (χ1v) is 7.12. The zero-order valence-corrected chi connectivity index (χ0v) is 11.9. The monoisotopic (exact) mass is 309 g/mol. The first-order valence-electron chi connectivity index (χ1n) is 6.33. The molecule has 2 atom stereocenters. The molecule has 4 nitrogen and oxygen atoms in total. The lowest BCUT2D eigenvalue weighted by Crippen LogP contribution is -2.34. The van der Waals surface area contributed by atoms with Gasteiger partial charge in [-0.05, 0) is 47.3 Å². The Morgan fingerprint density at radius 2 is 2.39 bits per heavy atom. The molecule has 1 aromatic rings. The molecule has 0 aromatic carbocycles. The second-order valence-corrected chi connectivity index (χ2v) is 5.83. The fraction of sp³-hybridized carbons (Fsp3) is 0.538. The number of fused-ring (bicyclic) bond motifs is 1. The Labute approximate surface area is 115 Å². The molecule has 0 saturated carbocycles. The van der Waals surface area contributed by atoms with Gasteiger partial charge < -0.3 is 10.2 Å². The molecule has 2 aliphatic rings. The van der Waals surface area contributed by atoms with Crippen LogP contribution >= 0.6 is 15.9 Å². The molecule has 0 aliphatic carbocycles. The first kappa shape index (κ1) is 12.0. The van der Waals surface area contributed by atoms with Crippen LogP contribution in [0, 0.1) is 6.92 Å². The predicted octanol–water partition coefficient (Wildman–Crippen LogP) is 2.33. The van der Waals surface area contributed by atoms with E-state index in [0.29, 0.717) is 12.5 Å². The van der Waals surface area contributed by atoms with Crippen molar-refractivity contribution in [3.8, 4) is 0 Å². The number of pyridine rings is 1. The molecular weight excluding hydrogens is 294 g/mol. The third kappa shape index (κ3) is 2.00. The number of nitrogens with zero attached hydrogens (tertiary/aromatic N) is 2. The molecule has 18 heavy (non-hydrogen) atoms. The van der Waals surface area contributed by atoms with Crippen molar-refractivity contribution in [2.24, 2.45) is 0 Å². The van der Waals surface area contributed by atoms with Gasteiger partial charge in [0.2, 0.25) is 5.91 Å². The zero-order chi connectivity index (χ0) is 12.7. The van der Waals surface area contributed by atoms with Crippen LogP contribution in [0.25, 0.3) is 0 Å². The van der Waals surface area contributed by atoms with E-state index >= 15 is 0 Å². The third-order valence-corrected chi connectivity index (χ3v) is 4.68. The summed E-state index contributed by atoms with van der Waals surface area (Å²) in [6.07, 6.45) is 4.68. The molecule has 3 rings (SSSR count). The maximum absolute atomic E-state index is 11.8. The van der Waals surface area contributed by atoms with Crippen LogP contribution in [0.15, 0.2) is 16.9 Å². The minimum absolute atomic E-state index is 0.238. The largest absolute Gasteiger partial charge is 0.378 e. The van der Waals surface area contributed by atoms with Crippen molar-refractivity contribution in [3.63, 3.8) is 0 Å². The molecule has 0 bridgehead atoms. The van der Waals surface area contributed by atoms with E-state index in [1.54, 1.807) is 0 Å². The number of aryl methyl sites for hydroxylation is 1. The van der Waals surface area contributed by atoms with Gasteiger partial charge in [0.1, 0.15) is 4.60 Å². The molecule has 5 heteroatoms. The number of amides is 1. The van der Waals surface area contributed by atoms with Crippen molar-refractivity contribution in [3.05, 3.63) is 22.4 Å². The number of aromatic nitrogens is 1. The molecule has 0 spiro atoms. The molecule has 2 fully saturated rings. The Kier molecular flexibility index (Phi) is 3.01. The van der Waals surface area contributed by atoms with Crippen molar-refractivity contribution in [1.29, 1.82) is 0 Å². The predicted molar refractivity (Wildman–Crippen MR) is 73.4 cm³/mol. The molecule has 96 valence electrons. The smallest absolute Gasteiger partial charge is 0.225 e. The third-order valence-electron chi connectivity index (χ3n) is 3.85. The first-order chi connectivity index (χ1) is 8.65. The molecule has 1 aromatic heterocycles. The van der Waals surface area contributed by atoms with Gasteiger partial charge in [0.25, 0.3) is 0 Å². The summed E-state index contributed by atoms with van der Waals surface area (Å²) in [5, 5.41) is 3.46. The van der Waals surface area contributed by atoms with Crippen molar-refractivity contribution in [2.45, 2.75) is 38.3 Å². The van der Waals surface area contributed by atoms with Crippen LogP contribution in [0.5, 0.6) is 0 Å². The van der Waals surface area contributed by atoms with E-state index < -0.39 is 0 Å². The Morgan fingerprint density at radius 1 is 1.56 bits per heavy atom. The normalized spacial score (nSPS) is 26.6. The topological polar surface area (TPSA) is 45.2 Å². The standard InChI is InChI=1S/C13H16BrN3O/c1-8-5-9(7-15-13(8)14)16-10-6-12(18)17-4-2-3-11(10)17/h5,7,10-11,16H,2-4,6H2,1H3. The summed E-state index contributed by atoms with van der Waals surface area (Å²) in [5.74, 6) is 0.289. The number of anilines is 1. The lowest BCUT2D eigenvalue weighted by atomic mass is 10.1. The SMILES string of the molecule is Cc1cc(NC2CC(=O)N3CCCC23)cnc1Br. The molecular formula is C13H16BrN3O. The average molecular weight is 310 g/mol. The molecule has 0 radical (unpaired) electrons. The summed E-state index contributed by atoms with van der Waals surface area (Å²) in [4.78, 5) is 18.1. The lowest BCUT2D eigenvalue weighted by molar-refractivity contribution is -0.127. The van der Waals surface area contributed by atoms with E-state index in [0.717, 1.165) is 35.2 Å². The van der Waals surface area contributed by atoms with Gasteiger partial charge in [-0.2, -0.15) is 0 Å². The van der Waals surface area contributed by atoms with Crippen LogP contribution in [0.1, 0.15) is 24.8 Å². The highest BCUT2D eigenvalue weighted by atomic mass is 79.9. The summed E-state index contributed by atoms with van der Waals surface area (Å²) in [5.41, 5.74) is 2.11. The second-order valence-electron chi connectivity index (χ2n) is 5.08. The lowest BCUT2D eigenvalue weighted by Gasteiger charge is -2.21. The Balaban J connectivity index is 1.76. The van der Waals surface area contributed by atoms with E-state index in [-0.39, 0.29) is 11.9 Å². The number of halogens is 1. The minimum Gasteiger partial charge on any atom is -0.378 e. The molecule has 2 saturated heterocycles. The van der Waals surface area contributed by atoms with Gasteiger partial charge in [0, 0.05) is 13.0 Å². The Morgan fingerprint density at radius 3 is 3.17 bits per heavy atom. The Hall–Kier alpha value is -1.10. The van der Waals surface area contributed by atoms with Crippen molar-refractivity contribution >= 4 is 27.5 Å². The fourth-order valence-electron chi connectivity index (χ4n) is 2.96. The number of hydrogen-bond acceptors (Lipinski definition) is 3. The summed E-state index contributed by atoms with van der Waals surface area (Å²) >= 11 is 3.40.